The molecule has 1 aromatic heterocycles. The Morgan fingerprint density at radius 1 is 1.40 bits per heavy atom. The average molecular weight is 318 g/mol. The van der Waals surface area contributed by atoms with Crippen molar-refractivity contribution in [2.24, 2.45) is 5.92 Å². The lowest BCUT2D eigenvalue weighted by molar-refractivity contribution is 0.00776. The molecule has 7 heteroatoms. The summed E-state index contributed by atoms with van der Waals surface area (Å²) in [5.41, 5.74) is 0. The monoisotopic (exact) mass is 318 g/mol. The highest BCUT2D eigenvalue weighted by atomic mass is 32.2. The summed E-state index contributed by atoms with van der Waals surface area (Å²) in [7, 11) is -3.37. The maximum absolute atomic E-state index is 12.2. The molecule has 0 spiro atoms. The summed E-state index contributed by atoms with van der Waals surface area (Å²) >= 11 is 1.24. The van der Waals surface area contributed by atoms with Crippen molar-refractivity contribution in [3.63, 3.8) is 0 Å². The van der Waals surface area contributed by atoms with Crippen molar-refractivity contribution in [3.8, 4) is 0 Å². The zero-order valence-corrected chi connectivity index (χ0v) is 13.5. The first-order valence-corrected chi connectivity index (χ1v) is 9.22. The van der Waals surface area contributed by atoms with E-state index in [1.54, 1.807) is 17.5 Å². The van der Waals surface area contributed by atoms with Gasteiger partial charge in [0.05, 0.1) is 13.2 Å². The SMILES string of the molecule is CC(C)[C@H](CNS(=O)(=O)c1cccs1)N1CCOCC1. The standard InChI is InChI=1S/C13H22N2O3S2/c1-11(2)12(15-5-7-18-8-6-15)10-14-20(16,17)13-4-3-9-19-13/h3-4,9,11-12,14H,5-8,10H2,1-2H3/t12-/m0/s1. The fourth-order valence-electron chi connectivity index (χ4n) is 2.38. The fourth-order valence-corrected chi connectivity index (χ4v) is 4.47. The topological polar surface area (TPSA) is 58.6 Å². The van der Waals surface area contributed by atoms with Gasteiger partial charge in [0.1, 0.15) is 4.21 Å². The van der Waals surface area contributed by atoms with E-state index in [1.165, 1.54) is 11.3 Å². The Balaban J connectivity index is 1.98. The largest absolute Gasteiger partial charge is 0.379 e. The van der Waals surface area contributed by atoms with Crippen molar-refractivity contribution < 1.29 is 13.2 Å². The molecule has 0 aliphatic carbocycles. The van der Waals surface area contributed by atoms with Crippen LogP contribution in [0.15, 0.2) is 21.7 Å². The van der Waals surface area contributed by atoms with Gasteiger partial charge in [-0.1, -0.05) is 19.9 Å². The Kier molecular flexibility index (Phi) is 5.57. The van der Waals surface area contributed by atoms with E-state index in [0.29, 0.717) is 16.7 Å². The smallest absolute Gasteiger partial charge is 0.250 e. The molecule has 1 aliphatic heterocycles. The van der Waals surface area contributed by atoms with Gasteiger partial charge in [-0.2, -0.15) is 0 Å². The third kappa shape index (κ3) is 4.02. The Morgan fingerprint density at radius 3 is 2.65 bits per heavy atom. The molecule has 1 saturated heterocycles. The molecule has 2 heterocycles. The highest BCUT2D eigenvalue weighted by Crippen LogP contribution is 2.17. The Labute approximate surface area is 125 Å². The van der Waals surface area contributed by atoms with Gasteiger partial charge >= 0.3 is 0 Å². The molecule has 114 valence electrons. The molecule has 0 bridgehead atoms. The average Bonchev–Trinajstić information content (AvgIpc) is 2.94. The lowest BCUT2D eigenvalue weighted by atomic mass is 10.0. The first-order valence-electron chi connectivity index (χ1n) is 6.85. The van der Waals surface area contributed by atoms with Crippen molar-refractivity contribution in [1.29, 1.82) is 0 Å². The first kappa shape index (κ1) is 15.9. The molecule has 1 aliphatic rings. The number of sulfonamides is 1. The van der Waals surface area contributed by atoms with E-state index < -0.39 is 10.0 Å². The van der Waals surface area contributed by atoms with Gasteiger partial charge in [-0.15, -0.1) is 11.3 Å². The van der Waals surface area contributed by atoms with Crippen LogP contribution in [0.1, 0.15) is 13.8 Å². The van der Waals surface area contributed by atoms with Crippen molar-refractivity contribution in [2.75, 3.05) is 32.8 Å². The summed E-state index contributed by atoms with van der Waals surface area (Å²) in [6.45, 7) is 7.87. The van der Waals surface area contributed by atoms with Crippen LogP contribution in [0.4, 0.5) is 0 Å². The Morgan fingerprint density at radius 2 is 2.10 bits per heavy atom. The van der Waals surface area contributed by atoms with Gasteiger partial charge in [0.25, 0.3) is 0 Å². The van der Waals surface area contributed by atoms with E-state index in [1.807, 2.05) is 0 Å². The molecular formula is C13H22N2O3S2. The predicted octanol–water partition coefficient (Wildman–Crippen LogP) is 1.38. The van der Waals surface area contributed by atoms with Gasteiger partial charge in [0.15, 0.2) is 0 Å². The number of nitrogens with zero attached hydrogens (tertiary/aromatic N) is 1. The van der Waals surface area contributed by atoms with Gasteiger partial charge in [-0.05, 0) is 17.4 Å². The summed E-state index contributed by atoms with van der Waals surface area (Å²) in [6, 6.07) is 3.58. The van der Waals surface area contributed by atoms with E-state index in [0.717, 1.165) is 26.3 Å². The van der Waals surface area contributed by atoms with Crippen LogP contribution in [-0.2, 0) is 14.8 Å². The van der Waals surface area contributed by atoms with Crippen LogP contribution < -0.4 is 4.72 Å². The normalized spacial score (nSPS) is 19.4. The Bertz CT molecular complexity index is 494. The van der Waals surface area contributed by atoms with E-state index in [4.69, 9.17) is 4.74 Å². The molecule has 1 fully saturated rings. The second kappa shape index (κ2) is 7.00. The number of hydrogen-bond donors (Lipinski definition) is 1. The highest BCUT2D eigenvalue weighted by Gasteiger charge is 2.26. The minimum Gasteiger partial charge on any atom is -0.379 e. The summed E-state index contributed by atoms with van der Waals surface area (Å²) in [5.74, 6) is 0.388. The molecule has 2 rings (SSSR count). The molecule has 0 unspecified atom stereocenters. The van der Waals surface area contributed by atoms with Crippen LogP contribution in [0.3, 0.4) is 0 Å². The summed E-state index contributed by atoms with van der Waals surface area (Å²) in [5, 5.41) is 1.77. The number of hydrogen-bond acceptors (Lipinski definition) is 5. The molecule has 1 atom stereocenters. The van der Waals surface area contributed by atoms with Crippen LogP contribution >= 0.6 is 11.3 Å². The minimum absolute atomic E-state index is 0.202. The quantitative estimate of drug-likeness (QED) is 0.861. The van der Waals surface area contributed by atoms with Crippen molar-refractivity contribution in [2.45, 2.75) is 24.1 Å². The molecule has 0 saturated carbocycles. The van der Waals surface area contributed by atoms with E-state index in [2.05, 4.69) is 23.5 Å². The lowest BCUT2D eigenvalue weighted by Crippen LogP contribution is -2.51. The van der Waals surface area contributed by atoms with Crippen LogP contribution in [0, 0.1) is 5.92 Å². The van der Waals surface area contributed by atoms with Gasteiger partial charge in [-0.25, -0.2) is 13.1 Å². The maximum atomic E-state index is 12.2. The molecule has 20 heavy (non-hydrogen) atoms. The van der Waals surface area contributed by atoms with Crippen molar-refractivity contribution in [3.05, 3.63) is 17.5 Å². The van der Waals surface area contributed by atoms with Gasteiger partial charge in [-0.3, -0.25) is 4.90 Å². The van der Waals surface area contributed by atoms with E-state index in [-0.39, 0.29) is 6.04 Å². The first-order chi connectivity index (χ1) is 9.50. The van der Waals surface area contributed by atoms with Gasteiger partial charge in [0.2, 0.25) is 10.0 Å². The minimum atomic E-state index is -3.37. The van der Waals surface area contributed by atoms with Crippen molar-refractivity contribution >= 4 is 21.4 Å². The summed E-state index contributed by atoms with van der Waals surface area (Å²) < 4.78 is 32.8. The predicted molar refractivity (Wildman–Crippen MR) is 80.5 cm³/mol. The molecule has 5 nitrogen and oxygen atoms in total. The summed E-state index contributed by atoms with van der Waals surface area (Å²) in [4.78, 5) is 2.31. The third-order valence-corrected chi connectivity index (χ3v) is 6.35. The zero-order valence-electron chi connectivity index (χ0n) is 11.9. The molecular weight excluding hydrogens is 296 g/mol. The van der Waals surface area contributed by atoms with Crippen LogP contribution in [-0.4, -0.2) is 52.2 Å². The lowest BCUT2D eigenvalue weighted by Gasteiger charge is -2.36. The number of rotatable bonds is 6. The van der Waals surface area contributed by atoms with Gasteiger partial charge in [0, 0.05) is 25.7 Å². The fraction of sp³-hybridized carbons (Fsp3) is 0.692. The van der Waals surface area contributed by atoms with Crippen LogP contribution in [0.5, 0.6) is 0 Å². The van der Waals surface area contributed by atoms with E-state index >= 15 is 0 Å². The third-order valence-electron chi connectivity index (χ3n) is 3.53. The second-order valence-electron chi connectivity index (χ2n) is 5.24. The van der Waals surface area contributed by atoms with Crippen molar-refractivity contribution in [1.82, 2.24) is 9.62 Å². The number of thiophene rings is 1. The van der Waals surface area contributed by atoms with E-state index in [9.17, 15) is 8.42 Å². The molecule has 1 aromatic rings. The molecule has 0 amide bonds. The zero-order chi connectivity index (χ0) is 14.6. The second-order valence-corrected chi connectivity index (χ2v) is 8.19. The highest BCUT2D eigenvalue weighted by molar-refractivity contribution is 7.91. The number of morpholine rings is 1. The van der Waals surface area contributed by atoms with Crippen LogP contribution in [0.25, 0.3) is 0 Å². The number of ether oxygens (including phenoxy) is 1. The number of nitrogens with one attached hydrogen (secondary N) is 1. The summed E-state index contributed by atoms with van der Waals surface area (Å²) in [6.07, 6.45) is 0. The molecule has 0 aromatic carbocycles. The molecule has 1 N–H and O–H groups in total. The van der Waals surface area contributed by atoms with Crippen LogP contribution in [0.2, 0.25) is 0 Å². The maximum Gasteiger partial charge on any atom is 0.250 e. The Hall–Kier alpha value is -0.470. The van der Waals surface area contributed by atoms with Gasteiger partial charge < -0.3 is 4.74 Å². The molecule has 0 radical (unpaired) electrons.